The molecule has 0 atom stereocenters. The Morgan fingerprint density at radius 2 is 1.72 bits per heavy atom. The van der Waals surface area contributed by atoms with Gasteiger partial charge < -0.3 is 9.36 Å². The van der Waals surface area contributed by atoms with Gasteiger partial charge in [-0.1, -0.05) is 25.0 Å². The Kier molecular flexibility index (Phi) is 4.94. The number of aromatic nitrogens is 3. The fraction of sp³-hybridized carbons (Fsp3) is 0.423. The number of rotatable bonds is 3. The normalized spacial score (nSPS) is 22.3. The third-order valence-electron chi connectivity index (χ3n) is 7.69. The van der Waals surface area contributed by atoms with E-state index in [0.29, 0.717) is 17.3 Å². The predicted molar refractivity (Wildman–Crippen MR) is 130 cm³/mol. The average molecular weight is 492 g/mol. The summed E-state index contributed by atoms with van der Waals surface area (Å²) < 4.78 is 5.29. The van der Waals surface area contributed by atoms with Crippen molar-refractivity contribution in [2.24, 2.45) is 5.92 Å². The highest BCUT2D eigenvalue weighted by molar-refractivity contribution is 9.10. The SMILES string of the molecule is O=CC1CCC(c2ccc3c(c2)n(C2CCCC2)c2nc(=O)c4c(Br)cccc4n32)CC1. The first-order valence-electron chi connectivity index (χ1n) is 11.8. The Balaban J connectivity index is 1.62. The van der Waals surface area contributed by atoms with E-state index in [-0.39, 0.29) is 11.5 Å². The second kappa shape index (κ2) is 7.84. The maximum Gasteiger partial charge on any atom is 0.283 e. The molecule has 6 heteroatoms. The van der Waals surface area contributed by atoms with Gasteiger partial charge in [0.1, 0.15) is 6.29 Å². The van der Waals surface area contributed by atoms with Crippen LogP contribution < -0.4 is 5.56 Å². The summed E-state index contributed by atoms with van der Waals surface area (Å²) in [4.78, 5) is 28.8. The molecule has 2 aliphatic rings. The van der Waals surface area contributed by atoms with E-state index in [1.165, 1.54) is 23.9 Å². The summed E-state index contributed by atoms with van der Waals surface area (Å²) in [7, 11) is 0. The van der Waals surface area contributed by atoms with Crippen LogP contribution in [0.2, 0.25) is 0 Å². The summed E-state index contributed by atoms with van der Waals surface area (Å²) in [5, 5.41) is 0.631. The van der Waals surface area contributed by atoms with Crippen molar-refractivity contribution in [2.45, 2.75) is 63.3 Å². The van der Waals surface area contributed by atoms with Crippen molar-refractivity contribution in [3.8, 4) is 0 Å². The Bertz CT molecular complexity index is 1410. The summed E-state index contributed by atoms with van der Waals surface area (Å²) in [6.45, 7) is 0. The van der Waals surface area contributed by atoms with E-state index in [1.54, 1.807) is 0 Å². The van der Waals surface area contributed by atoms with Crippen molar-refractivity contribution in [2.75, 3.05) is 0 Å². The van der Waals surface area contributed by atoms with Crippen molar-refractivity contribution < 1.29 is 4.79 Å². The molecule has 5 nitrogen and oxygen atoms in total. The van der Waals surface area contributed by atoms with Crippen LogP contribution in [0.4, 0.5) is 0 Å². The first kappa shape index (κ1) is 20.2. The van der Waals surface area contributed by atoms with Gasteiger partial charge in [0.2, 0.25) is 5.78 Å². The fourth-order valence-electron chi connectivity index (χ4n) is 6.01. The molecule has 0 unspecified atom stereocenters. The first-order chi connectivity index (χ1) is 15.7. The molecule has 2 aliphatic carbocycles. The number of benzene rings is 2. The standard InChI is InChI=1S/C26H26BrN3O2/c27-20-6-3-7-22-24(20)25(32)28-26-29(19-4-1-2-5-19)23-14-18(12-13-21(23)30(22)26)17-10-8-16(15-31)9-11-17/h3,6-7,12-17,19H,1-2,4-5,8-11H2. The summed E-state index contributed by atoms with van der Waals surface area (Å²) in [5.41, 5.74) is 4.34. The molecule has 164 valence electrons. The van der Waals surface area contributed by atoms with Crippen molar-refractivity contribution in [1.82, 2.24) is 14.0 Å². The van der Waals surface area contributed by atoms with E-state index >= 15 is 0 Å². The highest BCUT2D eigenvalue weighted by Gasteiger charge is 2.27. The minimum atomic E-state index is -0.179. The van der Waals surface area contributed by atoms with Gasteiger partial charge in [0.05, 0.1) is 21.9 Å². The molecule has 2 saturated carbocycles. The number of imidazole rings is 1. The van der Waals surface area contributed by atoms with Crippen molar-refractivity contribution in [1.29, 1.82) is 0 Å². The van der Waals surface area contributed by atoms with Crippen LogP contribution in [0.15, 0.2) is 45.7 Å². The highest BCUT2D eigenvalue weighted by atomic mass is 79.9. The van der Waals surface area contributed by atoms with Gasteiger partial charge in [0.15, 0.2) is 0 Å². The third kappa shape index (κ3) is 3.06. The largest absolute Gasteiger partial charge is 0.306 e. The Morgan fingerprint density at radius 1 is 0.938 bits per heavy atom. The zero-order valence-corrected chi connectivity index (χ0v) is 19.6. The van der Waals surface area contributed by atoms with E-state index in [4.69, 9.17) is 0 Å². The molecule has 32 heavy (non-hydrogen) atoms. The van der Waals surface area contributed by atoms with Crippen molar-refractivity contribution in [3.05, 3.63) is 56.8 Å². The zero-order chi connectivity index (χ0) is 21.8. The quantitative estimate of drug-likeness (QED) is 0.322. The Hall–Kier alpha value is -2.47. The Labute approximate surface area is 194 Å². The highest BCUT2D eigenvalue weighted by Crippen LogP contribution is 2.39. The Morgan fingerprint density at radius 3 is 2.47 bits per heavy atom. The minimum absolute atomic E-state index is 0.179. The molecule has 0 spiro atoms. The van der Waals surface area contributed by atoms with Crippen LogP contribution in [0.1, 0.15) is 68.9 Å². The molecule has 2 fully saturated rings. The minimum Gasteiger partial charge on any atom is -0.306 e. The van der Waals surface area contributed by atoms with Gasteiger partial charge >= 0.3 is 0 Å². The third-order valence-corrected chi connectivity index (χ3v) is 8.35. The smallest absolute Gasteiger partial charge is 0.283 e. The van der Waals surface area contributed by atoms with E-state index < -0.39 is 0 Å². The molecule has 0 saturated heterocycles. The van der Waals surface area contributed by atoms with Gasteiger partial charge in [0, 0.05) is 16.4 Å². The topological polar surface area (TPSA) is 56.4 Å². The maximum absolute atomic E-state index is 13.0. The van der Waals surface area contributed by atoms with E-state index in [0.717, 1.165) is 66.1 Å². The van der Waals surface area contributed by atoms with Crippen LogP contribution in [0.25, 0.3) is 27.7 Å². The van der Waals surface area contributed by atoms with Crippen molar-refractivity contribution in [3.63, 3.8) is 0 Å². The molecule has 2 heterocycles. The van der Waals surface area contributed by atoms with Gasteiger partial charge in [-0.25, -0.2) is 0 Å². The van der Waals surface area contributed by atoms with Crippen molar-refractivity contribution >= 4 is 49.9 Å². The summed E-state index contributed by atoms with van der Waals surface area (Å²) in [6, 6.07) is 13.1. The molecule has 0 aliphatic heterocycles. The summed E-state index contributed by atoms with van der Waals surface area (Å²) >= 11 is 3.56. The fourth-order valence-corrected chi connectivity index (χ4v) is 6.53. The van der Waals surface area contributed by atoms with E-state index in [2.05, 4.69) is 48.1 Å². The van der Waals surface area contributed by atoms with Crippen LogP contribution in [-0.4, -0.2) is 20.2 Å². The molecular weight excluding hydrogens is 466 g/mol. The van der Waals surface area contributed by atoms with E-state index in [9.17, 15) is 9.59 Å². The number of hydrogen-bond acceptors (Lipinski definition) is 3. The molecule has 6 rings (SSSR count). The number of halogens is 1. The lowest BCUT2D eigenvalue weighted by Gasteiger charge is -2.26. The van der Waals surface area contributed by atoms with Gasteiger partial charge in [-0.15, -0.1) is 0 Å². The number of carbonyl (C=O) groups is 1. The monoisotopic (exact) mass is 491 g/mol. The van der Waals surface area contributed by atoms with Gasteiger partial charge in [0.25, 0.3) is 5.56 Å². The lowest BCUT2D eigenvalue weighted by molar-refractivity contribution is -0.111. The van der Waals surface area contributed by atoms with Crippen LogP contribution in [0, 0.1) is 5.92 Å². The summed E-state index contributed by atoms with van der Waals surface area (Å²) in [5.74, 6) is 1.47. The average Bonchev–Trinajstić information content (AvgIpc) is 3.44. The second-order valence-corrected chi connectivity index (χ2v) is 10.3. The molecular formula is C26H26BrN3O2. The van der Waals surface area contributed by atoms with Crippen LogP contribution >= 0.6 is 15.9 Å². The molecule has 0 N–H and O–H groups in total. The molecule has 4 aromatic rings. The number of carbonyl (C=O) groups excluding carboxylic acids is 1. The molecule has 0 amide bonds. The second-order valence-electron chi connectivity index (χ2n) is 9.49. The van der Waals surface area contributed by atoms with Crippen LogP contribution in [-0.2, 0) is 4.79 Å². The van der Waals surface area contributed by atoms with Crippen LogP contribution in [0.5, 0.6) is 0 Å². The number of fused-ring (bicyclic) bond motifs is 5. The lowest BCUT2D eigenvalue weighted by atomic mass is 9.79. The first-order valence-corrected chi connectivity index (χ1v) is 12.5. The molecule has 0 bridgehead atoms. The van der Waals surface area contributed by atoms with Gasteiger partial charge in [-0.3, -0.25) is 9.20 Å². The van der Waals surface area contributed by atoms with Crippen LogP contribution in [0.3, 0.4) is 0 Å². The zero-order valence-electron chi connectivity index (χ0n) is 18.0. The molecule has 0 radical (unpaired) electrons. The van der Waals surface area contributed by atoms with Gasteiger partial charge in [-0.05, 0) is 90.2 Å². The van der Waals surface area contributed by atoms with Gasteiger partial charge in [-0.2, -0.15) is 4.98 Å². The maximum atomic E-state index is 13.0. The predicted octanol–water partition coefficient (Wildman–Crippen LogP) is 6.15. The molecule has 2 aromatic carbocycles. The van der Waals surface area contributed by atoms with E-state index in [1.807, 2.05) is 18.2 Å². The summed E-state index contributed by atoms with van der Waals surface area (Å²) in [6.07, 6.45) is 9.89. The number of hydrogen-bond donors (Lipinski definition) is 0. The number of nitrogens with zero attached hydrogens (tertiary/aromatic N) is 3. The lowest BCUT2D eigenvalue weighted by Crippen LogP contribution is -2.15. The molecule has 2 aromatic heterocycles. The number of aldehydes is 1.